The molecule has 102 valence electrons. The highest BCUT2D eigenvalue weighted by molar-refractivity contribution is 4.96. The Morgan fingerprint density at radius 1 is 1.39 bits per heavy atom. The normalized spacial score (nSPS) is 18.0. The van der Waals surface area contributed by atoms with Gasteiger partial charge in [-0.1, -0.05) is 20.8 Å². The van der Waals surface area contributed by atoms with Crippen LogP contribution >= 0.6 is 0 Å². The van der Waals surface area contributed by atoms with Gasteiger partial charge in [0.25, 0.3) is 0 Å². The van der Waals surface area contributed by atoms with Gasteiger partial charge in [-0.2, -0.15) is 0 Å². The first-order valence-corrected chi connectivity index (χ1v) is 7.16. The molecule has 18 heavy (non-hydrogen) atoms. The van der Waals surface area contributed by atoms with Gasteiger partial charge in [0.15, 0.2) is 0 Å². The minimum absolute atomic E-state index is 0.589. The summed E-state index contributed by atoms with van der Waals surface area (Å²) in [5.41, 5.74) is 0. The largest absolute Gasteiger partial charge is 0.333 e. The van der Waals surface area contributed by atoms with Crippen molar-refractivity contribution in [3.63, 3.8) is 0 Å². The highest BCUT2D eigenvalue weighted by atomic mass is 15.2. The molecule has 1 unspecified atom stereocenters. The molecule has 0 spiro atoms. The fourth-order valence-electron chi connectivity index (χ4n) is 2.50. The maximum atomic E-state index is 4.42. The van der Waals surface area contributed by atoms with Crippen LogP contribution in [0.25, 0.3) is 0 Å². The van der Waals surface area contributed by atoms with Gasteiger partial charge in [-0.25, -0.2) is 4.98 Å². The van der Waals surface area contributed by atoms with Gasteiger partial charge >= 0.3 is 0 Å². The van der Waals surface area contributed by atoms with Crippen molar-refractivity contribution in [1.82, 2.24) is 19.8 Å². The first kappa shape index (κ1) is 13.6. The Hall–Kier alpha value is -0.870. The molecule has 1 aliphatic rings. The third-order valence-corrected chi connectivity index (χ3v) is 3.74. The van der Waals surface area contributed by atoms with Gasteiger partial charge in [0.1, 0.15) is 5.82 Å². The van der Waals surface area contributed by atoms with Gasteiger partial charge < -0.3 is 9.88 Å². The van der Waals surface area contributed by atoms with Gasteiger partial charge in [0.2, 0.25) is 0 Å². The van der Waals surface area contributed by atoms with Crippen molar-refractivity contribution < 1.29 is 0 Å². The van der Waals surface area contributed by atoms with Crippen LogP contribution in [0, 0.1) is 5.92 Å². The summed E-state index contributed by atoms with van der Waals surface area (Å²) >= 11 is 0. The second-order valence-electron chi connectivity index (χ2n) is 5.58. The predicted octanol–water partition coefficient (Wildman–Crippen LogP) is 1.72. The molecule has 0 radical (unpaired) electrons. The molecule has 4 heteroatoms. The van der Waals surface area contributed by atoms with Crippen molar-refractivity contribution in [2.45, 2.75) is 46.3 Å². The molecular weight excluding hydrogens is 224 g/mol. The van der Waals surface area contributed by atoms with Crippen LogP contribution in [0.1, 0.15) is 33.0 Å². The maximum Gasteiger partial charge on any atom is 0.122 e. The van der Waals surface area contributed by atoms with E-state index in [1.54, 1.807) is 0 Å². The molecule has 0 saturated heterocycles. The maximum absolute atomic E-state index is 4.42. The smallest absolute Gasteiger partial charge is 0.122 e. The zero-order valence-corrected chi connectivity index (χ0v) is 11.9. The van der Waals surface area contributed by atoms with Gasteiger partial charge in [-0.15, -0.1) is 0 Å². The highest BCUT2D eigenvalue weighted by Crippen LogP contribution is 2.12. The molecule has 1 aromatic rings. The molecule has 0 aromatic carbocycles. The minimum Gasteiger partial charge on any atom is -0.333 e. The first-order valence-electron chi connectivity index (χ1n) is 7.16. The van der Waals surface area contributed by atoms with Gasteiger partial charge in [-0.05, 0) is 18.9 Å². The molecule has 1 aliphatic heterocycles. The summed E-state index contributed by atoms with van der Waals surface area (Å²) in [5.74, 6) is 1.89. The molecule has 2 rings (SSSR count). The van der Waals surface area contributed by atoms with Crippen molar-refractivity contribution in [2.24, 2.45) is 5.92 Å². The molecule has 2 heterocycles. The van der Waals surface area contributed by atoms with Crippen LogP contribution in [0.4, 0.5) is 0 Å². The molecule has 0 saturated carbocycles. The molecule has 0 bridgehead atoms. The van der Waals surface area contributed by atoms with Gasteiger partial charge in [0, 0.05) is 38.1 Å². The zero-order valence-electron chi connectivity index (χ0n) is 11.9. The molecule has 0 amide bonds. The lowest BCUT2D eigenvalue weighted by Gasteiger charge is -2.33. The van der Waals surface area contributed by atoms with Gasteiger partial charge in [0.05, 0.1) is 6.54 Å². The lowest BCUT2D eigenvalue weighted by Crippen LogP contribution is -2.46. The second-order valence-corrected chi connectivity index (χ2v) is 5.58. The number of hydrogen-bond acceptors (Lipinski definition) is 3. The number of imidazole rings is 1. The quantitative estimate of drug-likeness (QED) is 0.834. The summed E-state index contributed by atoms with van der Waals surface area (Å²) in [6.45, 7) is 12.3. The third-order valence-electron chi connectivity index (χ3n) is 3.74. The van der Waals surface area contributed by atoms with E-state index < -0.39 is 0 Å². The molecule has 4 nitrogen and oxygen atoms in total. The summed E-state index contributed by atoms with van der Waals surface area (Å²) < 4.78 is 2.26. The Kier molecular flexibility index (Phi) is 4.78. The van der Waals surface area contributed by atoms with Crippen LogP contribution in [0.15, 0.2) is 12.4 Å². The summed E-state index contributed by atoms with van der Waals surface area (Å²) in [6, 6.07) is 0.589. The summed E-state index contributed by atoms with van der Waals surface area (Å²) in [5, 5.41) is 3.67. The number of rotatable bonds is 6. The number of nitrogens with zero attached hydrogens (tertiary/aromatic N) is 3. The molecule has 1 N–H and O–H groups in total. The van der Waals surface area contributed by atoms with E-state index in [0.717, 1.165) is 32.7 Å². The van der Waals surface area contributed by atoms with Crippen LogP contribution in [0.3, 0.4) is 0 Å². The minimum atomic E-state index is 0.589. The summed E-state index contributed by atoms with van der Waals surface area (Å²) in [7, 11) is 0. The Morgan fingerprint density at radius 2 is 2.22 bits per heavy atom. The lowest BCUT2D eigenvalue weighted by atomic mass is 10.0. The Bertz CT molecular complexity index is 358. The van der Waals surface area contributed by atoms with Crippen molar-refractivity contribution in [1.29, 1.82) is 0 Å². The Labute approximate surface area is 110 Å². The average Bonchev–Trinajstić information content (AvgIpc) is 2.81. The van der Waals surface area contributed by atoms with Crippen LogP contribution in [0.5, 0.6) is 0 Å². The monoisotopic (exact) mass is 250 g/mol. The van der Waals surface area contributed by atoms with Crippen molar-refractivity contribution in [3.05, 3.63) is 18.2 Å². The van der Waals surface area contributed by atoms with Crippen molar-refractivity contribution in [3.8, 4) is 0 Å². The number of hydrogen-bond donors (Lipinski definition) is 1. The fourth-order valence-corrected chi connectivity index (χ4v) is 2.50. The van der Waals surface area contributed by atoms with Crippen LogP contribution < -0.4 is 5.32 Å². The fraction of sp³-hybridized carbons (Fsp3) is 0.786. The lowest BCUT2D eigenvalue weighted by molar-refractivity contribution is 0.178. The first-order chi connectivity index (χ1) is 8.70. The van der Waals surface area contributed by atoms with Crippen LogP contribution in [0.2, 0.25) is 0 Å². The Balaban J connectivity index is 1.88. The average molecular weight is 250 g/mol. The molecule has 1 aromatic heterocycles. The second kappa shape index (κ2) is 6.34. The van der Waals surface area contributed by atoms with Crippen LogP contribution in [-0.4, -0.2) is 40.1 Å². The van der Waals surface area contributed by atoms with E-state index in [2.05, 4.69) is 46.7 Å². The number of aromatic nitrogens is 2. The molecule has 1 atom stereocenters. The van der Waals surface area contributed by atoms with E-state index in [0.29, 0.717) is 12.0 Å². The van der Waals surface area contributed by atoms with E-state index in [-0.39, 0.29) is 0 Å². The topological polar surface area (TPSA) is 33.1 Å². The van der Waals surface area contributed by atoms with E-state index >= 15 is 0 Å². The summed E-state index contributed by atoms with van der Waals surface area (Å²) in [6.07, 6.45) is 5.20. The SMILES string of the molecule is CCCNC(CN1CCn2ccnc2C1)C(C)C. The molecule has 0 aliphatic carbocycles. The standard InChI is InChI=1S/C14H26N4/c1-4-5-15-13(12(2)3)10-17-8-9-18-7-6-16-14(18)11-17/h6-7,12-13,15H,4-5,8-11H2,1-3H3. The Morgan fingerprint density at radius 3 is 2.94 bits per heavy atom. The summed E-state index contributed by atoms with van der Waals surface area (Å²) in [4.78, 5) is 6.95. The molecule has 0 fully saturated rings. The van der Waals surface area contributed by atoms with Crippen molar-refractivity contribution in [2.75, 3.05) is 19.6 Å². The van der Waals surface area contributed by atoms with E-state index in [1.807, 2.05) is 6.20 Å². The van der Waals surface area contributed by atoms with E-state index in [4.69, 9.17) is 0 Å². The van der Waals surface area contributed by atoms with E-state index in [1.165, 1.54) is 12.2 Å². The third kappa shape index (κ3) is 3.33. The van der Waals surface area contributed by atoms with Gasteiger partial charge in [-0.3, -0.25) is 4.90 Å². The van der Waals surface area contributed by atoms with E-state index in [9.17, 15) is 0 Å². The van der Waals surface area contributed by atoms with Crippen LogP contribution in [-0.2, 0) is 13.1 Å². The molecular formula is C14H26N4. The highest BCUT2D eigenvalue weighted by Gasteiger charge is 2.21. The van der Waals surface area contributed by atoms with Crippen molar-refractivity contribution >= 4 is 0 Å². The zero-order chi connectivity index (χ0) is 13.0. The number of nitrogens with one attached hydrogen (secondary N) is 1. The predicted molar refractivity (Wildman–Crippen MR) is 74.4 cm³/mol. The number of fused-ring (bicyclic) bond motifs is 1.